The zero-order valence-electron chi connectivity index (χ0n) is 26.0. The zero-order chi connectivity index (χ0) is 31.5. The second-order valence-corrected chi connectivity index (χ2v) is 11.9. The number of carbonyl (C=O) groups excluding carboxylic acids is 5. The first-order chi connectivity index (χ1) is 18.9. The highest BCUT2D eigenvalue weighted by Crippen LogP contribution is 2.29. The molecule has 3 atom stereocenters. The van der Waals surface area contributed by atoms with Gasteiger partial charge in [0.1, 0.15) is 24.2 Å². The molecule has 1 aromatic carbocycles. The Bertz CT molecular complexity index is 1060. The van der Waals surface area contributed by atoms with Crippen LogP contribution < -0.4 is 16.4 Å². The number of nitrogens with one attached hydrogen (secondary N) is 2. The molecule has 230 valence electrons. The van der Waals surface area contributed by atoms with Gasteiger partial charge in [-0.15, -0.1) is 0 Å². The summed E-state index contributed by atoms with van der Waals surface area (Å²) in [6.07, 6.45) is 0.213. The highest BCUT2D eigenvalue weighted by Gasteiger charge is 2.39. The first-order valence-corrected chi connectivity index (χ1v) is 14.0. The van der Waals surface area contributed by atoms with Crippen LogP contribution in [0.3, 0.4) is 0 Å². The molecule has 1 rings (SSSR count). The third-order valence-electron chi connectivity index (χ3n) is 6.28. The number of benzene rings is 1. The van der Waals surface area contributed by atoms with E-state index in [1.807, 2.05) is 39.0 Å². The first kappa shape index (κ1) is 35.4. The molecule has 0 aliphatic rings. The molecule has 0 saturated carbocycles. The Labute approximate surface area is 243 Å². The van der Waals surface area contributed by atoms with Gasteiger partial charge in [0.05, 0.1) is 7.11 Å². The van der Waals surface area contributed by atoms with E-state index in [2.05, 4.69) is 29.2 Å². The summed E-state index contributed by atoms with van der Waals surface area (Å²) in [7, 11) is 1.21. The van der Waals surface area contributed by atoms with Crippen molar-refractivity contribution in [3.8, 4) is 0 Å². The molecule has 41 heavy (non-hydrogen) atoms. The lowest BCUT2D eigenvalue weighted by molar-refractivity contribution is -0.146. The fourth-order valence-corrected chi connectivity index (χ4v) is 4.42. The molecule has 3 unspecified atom stereocenters. The van der Waals surface area contributed by atoms with Crippen molar-refractivity contribution in [3.05, 3.63) is 34.9 Å². The number of hydrogen-bond donors (Lipinski definition) is 3. The van der Waals surface area contributed by atoms with Gasteiger partial charge in [-0.05, 0) is 72.3 Å². The molecular weight excluding hydrogens is 528 g/mol. The molecule has 0 radical (unpaired) electrons. The van der Waals surface area contributed by atoms with Crippen molar-refractivity contribution >= 4 is 29.8 Å². The van der Waals surface area contributed by atoms with Gasteiger partial charge in [-0.1, -0.05) is 43.2 Å². The van der Waals surface area contributed by atoms with E-state index in [-0.39, 0.29) is 19.4 Å². The van der Waals surface area contributed by atoms with E-state index in [1.165, 1.54) is 12.0 Å². The van der Waals surface area contributed by atoms with Crippen molar-refractivity contribution in [2.45, 2.75) is 105 Å². The maximum absolute atomic E-state index is 14.4. The molecule has 0 aliphatic heterocycles. The molecule has 0 fully saturated rings. The Morgan fingerprint density at radius 3 is 2.02 bits per heavy atom. The quantitative estimate of drug-likeness (QED) is 0.286. The molecular formula is C30H48N4O7. The lowest BCUT2D eigenvalue weighted by Gasteiger charge is -2.39. The Hall–Kier alpha value is -3.63. The van der Waals surface area contributed by atoms with Crippen LogP contribution in [0.4, 0.5) is 4.79 Å². The van der Waals surface area contributed by atoms with Crippen LogP contribution in [0.25, 0.3) is 0 Å². The normalized spacial score (nSPS) is 13.5. The Kier molecular flexibility index (Phi) is 13.8. The maximum Gasteiger partial charge on any atom is 0.408 e. The number of alkyl carbamates (subject to hydrolysis) is 1. The first-order valence-electron chi connectivity index (χ1n) is 14.0. The van der Waals surface area contributed by atoms with Gasteiger partial charge in [0, 0.05) is 12.5 Å². The van der Waals surface area contributed by atoms with Gasteiger partial charge in [-0.3, -0.25) is 19.2 Å². The summed E-state index contributed by atoms with van der Waals surface area (Å²) < 4.78 is 10.1. The van der Waals surface area contributed by atoms with E-state index in [0.717, 1.165) is 17.5 Å². The molecule has 4 amide bonds. The topological polar surface area (TPSA) is 157 Å². The van der Waals surface area contributed by atoms with Crippen LogP contribution in [-0.2, 0) is 28.7 Å². The van der Waals surface area contributed by atoms with E-state index in [4.69, 9.17) is 10.5 Å². The largest absolute Gasteiger partial charge is 0.468 e. The Morgan fingerprint density at radius 1 is 0.951 bits per heavy atom. The van der Waals surface area contributed by atoms with Crippen molar-refractivity contribution in [2.24, 2.45) is 11.7 Å². The van der Waals surface area contributed by atoms with Gasteiger partial charge in [-0.2, -0.15) is 0 Å². The third kappa shape index (κ3) is 12.6. The number of rotatable bonds is 14. The van der Waals surface area contributed by atoms with E-state index >= 15 is 0 Å². The molecule has 1 aromatic rings. The summed E-state index contributed by atoms with van der Waals surface area (Å²) in [5, 5.41) is 5.18. The van der Waals surface area contributed by atoms with E-state index in [1.54, 1.807) is 20.8 Å². The van der Waals surface area contributed by atoms with Gasteiger partial charge in [0.25, 0.3) is 0 Å². The predicted octanol–water partition coefficient (Wildman–Crippen LogP) is 3.45. The number of esters is 1. The van der Waals surface area contributed by atoms with Crippen molar-refractivity contribution < 1.29 is 33.4 Å². The highest BCUT2D eigenvalue weighted by atomic mass is 16.6. The van der Waals surface area contributed by atoms with E-state index in [0.29, 0.717) is 17.9 Å². The van der Waals surface area contributed by atoms with Crippen molar-refractivity contribution in [3.63, 3.8) is 0 Å². The number of primary amides is 1. The van der Waals surface area contributed by atoms with Crippen LogP contribution in [0.15, 0.2) is 18.2 Å². The smallest absolute Gasteiger partial charge is 0.408 e. The minimum Gasteiger partial charge on any atom is -0.468 e. The third-order valence-corrected chi connectivity index (χ3v) is 6.28. The molecule has 11 nitrogen and oxygen atoms in total. The van der Waals surface area contributed by atoms with Crippen molar-refractivity contribution in [1.29, 1.82) is 0 Å². The molecule has 0 saturated heterocycles. The molecule has 0 aliphatic carbocycles. The number of carbonyl (C=O) groups is 5. The summed E-state index contributed by atoms with van der Waals surface area (Å²) in [5.41, 5.74) is 6.86. The number of amides is 4. The lowest BCUT2D eigenvalue weighted by Crippen LogP contribution is -2.56. The van der Waals surface area contributed by atoms with Crippen molar-refractivity contribution in [2.75, 3.05) is 13.7 Å². The van der Waals surface area contributed by atoms with Crippen LogP contribution in [0.2, 0.25) is 0 Å². The van der Waals surface area contributed by atoms with E-state index < -0.39 is 53.5 Å². The number of nitrogens with two attached hydrogens (primary N) is 1. The number of aryl methyl sites for hydroxylation is 2. The molecule has 11 heteroatoms. The van der Waals surface area contributed by atoms with Gasteiger partial charge in [0.2, 0.25) is 17.7 Å². The minimum absolute atomic E-state index is 0.0931. The van der Waals surface area contributed by atoms with Crippen molar-refractivity contribution in [1.82, 2.24) is 15.5 Å². The SMILES string of the molecule is COC(=O)CNC(=O)C(c1cc(C)cc(C)c1)N(C(=O)C(CCC(N)=O)NC(=O)OC(C)(C)C)C(C)CCC(C)C. The second-order valence-electron chi connectivity index (χ2n) is 11.9. The number of methoxy groups -OCH3 is 1. The fourth-order valence-electron chi connectivity index (χ4n) is 4.42. The minimum atomic E-state index is -1.21. The van der Waals surface area contributed by atoms with E-state index in [9.17, 15) is 24.0 Å². The molecule has 0 heterocycles. The van der Waals surface area contributed by atoms with Crippen LogP contribution in [0.5, 0.6) is 0 Å². The summed E-state index contributed by atoms with van der Waals surface area (Å²) in [5.74, 6) is -2.13. The van der Waals surface area contributed by atoms with Crippen LogP contribution in [0.1, 0.15) is 90.0 Å². The lowest BCUT2D eigenvalue weighted by atomic mass is 9.94. The number of nitrogens with zero attached hydrogens (tertiary/aromatic N) is 1. The van der Waals surface area contributed by atoms with Crippen LogP contribution >= 0.6 is 0 Å². The summed E-state index contributed by atoms with van der Waals surface area (Å²) in [6.45, 7) is 14.4. The Morgan fingerprint density at radius 2 is 1.54 bits per heavy atom. The molecule has 0 bridgehead atoms. The van der Waals surface area contributed by atoms with Gasteiger partial charge >= 0.3 is 12.1 Å². The number of hydrogen-bond acceptors (Lipinski definition) is 7. The fraction of sp³-hybridized carbons (Fsp3) is 0.633. The molecule has 0 spiro atoms. The number of ether oxygens (including phenoxy) is 2. The summed E-state index contributed by atoms with van der Waals surface area (Å²) >= 11 is 0. The monoisotopic (exact) mass is 576 g/mol. The average Bonchev–Trinajstić information content (AvgIpc) is 2.84. The summed E-state index contributed by atoms with van der Waals surface area (Å²) in [6, 6.07) is 2.75. The van der Waals surface area contributed by atoms with Crippen LogP contribution in [-0.4, -0.2) is 66.0 Å². The maximum atomic E-state index is 14.4. The van der Waals surface area contributed by atoms with Gasteiger partial charge in [-0.25, -0.2) is 4.79 Å². The second kappa shape index (κ2) is 16.0. The predicted molar refractivity (Wildman–Crippen MR) is 156 cm³/mol. The average molecular weight is 577 g/mol. The van der Waals surface area contributed by atoms with Gasteiger partial charge < -0.3 is 30.7 Å². The molecule has 4 N–H and O–H groups in total. The Balaban J connectivity index is 3.71. The van der Waals surface area contributed by atoms with Crippen LogP contribution in [0, 0.1) is 19.8 Å². The van der Waals surface area contributed by atoms with Gasteiger partial charge in [0.15, 0.2) is 0 Å². The standard InChI is InChI=1S/C30H48N4O7/c1-18(2)10-11-21(5)34(28(38)23(12-13-24(31)35)33-29(39)41-30(6,7)8)26(27(37)32-17-25(36)40-9)22-15-19(3)14-20(4)16-22/h14-16,18,21,23,26H,10-13,17H2,1-9H3,(H2,31,35)(H,32,37)(H,33,39). The molecule has 0 aromatic heterocycles. The highest BCUT2D eigenvalue weighted by molar-refractivity contribution is 5.93. The summed E-state index contributed by atoms with van der Waals surface area (Å²) in [4.78, 5) is 65.9. The zero-order valence-corrected chi connectivity index (χ0v) is 26.0.